The topological polar surface area (TPSA) is 190 Å². The van der Waals surface area contributed by atoms with Gasteiger partial charge in [0, 0.05) is 65.0 Å². The Balaban J connectivity index is 0.763. The molecule has 3 aliphatic heterocycles. The average molecular weight is 1030 g/mol. The highest BCUT2D eigenvalue weighted by atomic mass is 32.2. The number of alkyl halides is 3. The van der Waals surface area contributed by atoms with Crippen LogP contribution < -0.4 is 19.7 Å². The molecule has 22 heteroatoms. The van der Waals surface area contributed by atoms with Gasteiger partial charge in [-0.2, -0.15) is 24.9 Å². The number of anilines is 2. The monoisotopic (exact) mass is 1020 g/mol. The molecule has 1 N–H and O–H groups in total. The molecule has 0 radical (unpaired) electrons. The Hall–Kier alpha value is -5.88. The molecule has 2 saturated heterocycles. The van der Waals surface area contributed by atoms with Crippen molar-refractivity contribution in [1.29, 1.82) is 0 Å². The average Bonchev–Trinajstić information content (AvgIpc) is 3.72. The van der Waals surface area contributed by atoms with E-state index in [9.17, 15) is 32.3 Å². The molecule has 5 heterocycles. The molecule has 2 fully saturated rings. The van der Waals surface area contributed by atoms with Crippen molar-refractivity contribution in [2.24, 2.45) is 0 Å². The number of nitrogens with one attached hydrogen (secondary N) is 1. The highest BCUT2D eigenvalue weighted by Gasteiger charge is 2.43. The second-order valence-electron chi connectivity index (χ2n) is 16.6. The standard InChI is InChI=1S/C50H59F3N6O12S/c1-34-40(29-38(31-54-34)56-46(61)35-5-3-6-37(27-35)50(51,52)53)36-28-43(57-11-13-64-14-12-57)47(55-30-36)71-24-22-68-20-18-66-16-15-65-17-19-67-21-23-70-44-8-4-7-39-41(44)32-58(48(39)62)42-9-10-45(60)59(49(42)63)33-69-25-26-72-2/h3-8,27-31,42H,9-26,32-33H2,1-2H3,(H,56,61). The van der Waals surface area contributed by atoms with E-state index in [2.05, 4.69) is 20.2 Å². The van der Waals surface area contributed by atoms with E-state index < -0.39 is 29.6 Å². The van der Waals surface area contributed by atoms with Gasteiger partial charge in [0.15, 0.2) is 0 Å². The van der Waals surface area contributed by atoms with Gasteiger partial charge in [-0.15, -0.1) is 0 Å². The van der Waals surface area contributed by atoms with E-state index in [0.29, 0.717) is 124 Å². The number of piperidine rings is 1. The largest absolute Gasteiger partial charge is 0.491 e. The lowest BCUT2D eigenvalue weighted by molar-refractivity contribution is -0.158. The third-order valence-corrected chi connectivity index (χ3v) is 12.4. The Morgan fingerprint density at radius 3 is 2.18 bits per heavy atom. The van der Waals surface area contributed by atoms with E-state index in [1.807, 2.05) is 19.2 Å². The Kier molecular flexibility index (Phi) is 20.0. The molecule has 0 spiro atoms. The quantitative estimate of drug-likeness (QED) is 0.0549. The van der Waals surface area contributed by atoms with E-state index in [1.165, 1.54) is 23.2 Å². The molecule has 1 atom stereocenters. The molecule has 3 aliphatic rings. The molecule has 72 heavy (non-hydrogen) atoms. The second kappa shape index (κ2) is 26.7. The number of carbonyl (C=O) groups excluding carboxylic acids is 4. The maximum absolute atomic E-state index is 13.4. The number of morpholine rings is 1. The van der Waals surface area contributed by atoms with Crippen LogP contribution in [0.1, 0.15) is 50.4 Å². The highest BCUT2D eigenvalue weighted by Crippen LogP contribution is 2.36. The third-order valence-electron chi connectivity index (χ3n) is 11.8. The number of ether oxygens (including phenoxy) is 8. The van der Waals surface area contributed by atoms with E-state index in [-0.39, 0.29) is 63.3 Å². The van der Waals surface area contributed by atoms with E-state index in [4.69, 9.17) is 37.9 Å². The van der Waals surface area contributed by atoms with Gasteiger partial charge in [-0.05, 0) is 62.1 Å². The number of fused-ring (bicyclic) bond motifs is 1. The lowest BCUT2D eigenvalue weighted by atomic mass is 10.0. The lowest BCUT2D eigenvalue weighted by Gasteiger charge is -2.35. The Morgan fingerprint density at radius 1 is 0.806 bits per heavy atom. The molecular weight excluding hydrogens is 966 g/mol. The fraction of sp³-hybridized carbons (Fsp3) is 0.480. The first-order valence-corrected chi connectivity index (χ1v) is 25.0. The van der Waals surface area contributed by atoms with E-state index >= 15 is 0 Å². The molecule has 4 aromatic rings. The summed E-state index contributed by atoms with van der Waals surface area (Å²) in [6.07, 6.45) is 0.860. The van der Waals surface area contributed by atoms with E-state index in [1.54, 1.807) is 42.2 Å². The number of pyridine rings is 2. The summed E-state index contributed by atoms with van der Waals surface area (Å²) in [6.45, 7) is 7.73. The van der Waals surface area contributed by atoms with Crippen molar-refractivity contribution in [1.82, 2.24) is 19.8 Å². The molecule has 7 rings (SSSR count). The molecular formula is C50H59F3N6O12S. The van der Waals surface area contributed by atoms with Crippen molar-refractivity contribution in [2.45, 2.75) is 38.5 Å². The van der Waals surface area contributed by atoms with Crippen LogP contribution in [0.5, 0.6) is 11.6 Å². The van der Waals surface area contributed by atoms with Crippen LogP contribution in [-0.4, -0.2) is 167 Å². The zero-order chi connectivity index (χ0) is 50.9. The Labute approximate surface area is 419 Å². The number of benzene rings is 2. The van der Waals surface area contributed by atoms with Gasteiger partial charge in [0.2, 0.25) is 11.8 Å². The van der Waals surface area contributed by atoms with Crippen LogP contribution >= 0.6 is 11.8 Å². The fourth-order valence-corrected chi connectivity index (χ4v) is 8.37. The number of aryl methyl sites for hydroxylation is 1. The van der Waals surface area contributed by atoms with Crippen molar-refractivity contribution in [3.8, 4) is 22.8 Å². The highest BCUT2D eigenvalue weighted by molar-refractivity contribution is 7.98. The summed E-state index contributed by atoms with van der Waals surface area (Å²) in [5, 5.41) is 2.66. The van der Waals surface area contributed by atoms with Crippen molar-refractivity contribution in [3.05, 3.63) is 94.9 Å². The zero-order valence-corrected chi connectivity index (χ0v) is 41.1. The van der Waals surface area contributed by atoms with Gasteiger partial charge < -0.3 is 53.0 Å². The van der Waals surface area contributed by atoms with Crippen LogP contribution in [0.3, 0.4) is 0 Å². The molecule has 18 nitrogen and oxygen atoms in total. The molecule has 0 bridgehead atoms. The molecule has 388 valence electrons. The van der Waals surface area contributed by atoms with Gasteiger partial charge in [0.1, 0.15) is 37.4 Å². The summed E-state index contributed by atoms with van der Waals surface area (Å²) in [5.74, 6) is -0.0150. The summed E-state index contributed by atoms with van der Waals surface area (Å²) < 4.78 is 85.6. The fourth-order valence-electron chi connectivity index (χ4n) is 8.09. The summed E-state index contributed by atoms with van der Waals surface area (Å²) in [5.41, 5.74) is 3.19. The number of rotatable bonds is 27. The number of likely N-dealkylation sites (tertiary alicyclic amines) is 1. The Bertz CT molecular complexity index is 2480. The normalized spacial score (nSPS) is 16.1. The molecule has 0 saturated carbocycles. The van der Waals surface area contributed by atoms with Crippen molar-refractivity contribution < 1.29 is 70.2 Å². The summed E-state index contributed by atoms with van der Waals surface area (Å²) in [7, 11) is 0. The minimum absolute atomic E-state index is 0.126. The van der Waals surface area contributed by atoms with Crippen molar-refractivity contribution >= 4 is 46.8 Å². The van der Waals surface area contributed by atoms with Gasteiger partial charge in [-0.1, -0.05) is 12.1 Å². The Morgan fingerprint density at radius 2 is 1.49 bits per heavy atom. The first-order valence-electron chi connectivity index (χ1n) is 23.6. The minimum Gasteiger partial charge on any atom is -0.491 e. The van der Waals surface area contributed by atoms with Crippen LogP contribution in [-0.2, 0) is 50.7 Å². The summed E-state index contributed by atoms with van der Waals surface area (Å²) >= 11 is 1.60. The van der Waals surface area contributed by atoms with Gasteiger partial charge in [0.25, 0.3) is 17.7 Å². The number of halogens is 3. The number of hydrogen-bond acceptors (Lipinski definition) is 16. The van der Waals surface area contributed by atoms with Crippen LogP contribution in [0, 0.1) is 6.92 Å². The van der Waals surface area contributed by atoms with Gasteiger partial charge in [-0.3, -0.25) is 29.1 Å². The number of hydrogen-bond donors (Lipinski definition) is 1. The van der Waals surface area contributed by atoms with Crippen LogP contribution in [0.25, 0.3) is 11.1 Å². The van der Waals surface area contributed by atoms with Crippen molar-refractivity contribution in [3.63, 3.8) is 0 Å². The molecule has 2 aromatic heterocycles. The smallest absolute Gasteiger partial charge is 0.416 e. The van der Waals surface area contributed by atoms with Crippen LogP contribution in [0.4, 0.5) is 24.5 Å². The van der Waals surface area contributed by atoms with E-state index in [0.717, 1.165) is 28.5 Å². The van der Waals surface area contributed by atoms with Crippen LogP contribution in [0.15, 0.2) is 67.0 Å². The molecule has 4 amide bonds. The first-order chi connectivity index (χ1) is 34.9. The lowest BCUT2D eigenvalue weighted by Crippen LogP contribution is -2.55. The third kappa shape index (κ3) is 14.6. The second-order valence-corrected chi connectivity index (χ2v) is 17.6. The number of thioether (sulfide) groups is 1. The van der Waals surface area contributed by atoms with Crippen molar-refractivity contribution in [2.75, 3.05) is 128 Å². The zero-order valence-electron chi connectivity index (χ0n) is 40.2. The summed E-state index contributed by atoms with van der Waals surface area (Å²) in [6, 6.07) is 12.3. The number of nitrogens with zero attached hydrogens (tertiary/aromatic N) is 5. The predicted molar refractivity (Wildman–Crippen MR) is 259 cm³/mol. The van der Waals surface area contributed by atoms with Gasteiger partial charge in [-0.25, -0.2) is 4.98 Å². The minimum atomic E-state index is -4.58. The van der Waals surface area contributed by atoms with Crippen LogP contribution in [0.2, 0.25) is 0 Å². The summed E-state index contributed by atoms with van der Waals surface area (Å²) in [4.78, 5) is 65.9. The molecule has 0 aliphatic carbocycles. The maximum Gasteiger partial charge on any atom is 0.416 e. The SMILES string of the molecule is CSCCOCN1C(=O)CCC(N2Cc3c(OCCOCCOCCOCCOCCOc4ncc(-c5cc(NC(=O)c6cccc(C(F)(F)F)c6)cnc5C)cc4N4CCOCC4)cccc3C2=O)C1=O. The molecule has 1 unspecified atom stereocenters. The van der Waals surface area contributed by atoms with Gasteiger partial charge >= 0.3 is 6.18 Å². The predicted octanol–water partition coefficient (Wildman–Crippen LogP) is 5.89. The number of carbonyl (C=O) groups is 4. The molecule has 2 aromatic carbocycles. The number of imide groups is 1. The first kappa shape index (κ1) is 53.9. The number of aromatic nitrogens is 2. The maximum atomic E-state index is 13.4. The van der Waals surface area contributed by atoms with Gasteiger partial charge in [0.05, 0.1) is 96.7 Å². The number of amides is 4.